The van der Waals surface area contributed by atoms with Gasteiger partial charge in [0.15, 0.2) is 11.5 Å². The van der Waals surface area contributed by atoms with Crippen molar-refractivity contribution in [1.82, 2.24) is 4.90 Å². The lowest BCUT2D eigenvalue weighted by atomic mass is 10.1. The fraction of sp³-hybridized carbons (Fsp3) is 0.129. The summed E-state index contributed by atoms with van der Waals surface area (Å²) in [6.07, 6.45) is 1.54. The maximum atomic E-state index is 13.9. The van der Waals surface area contributed by atoms with E-state index in [-0.39, 0.29) is 10.6 Å². The lowest BCUT2D eigenvalue weighted by Crippen LogP contribution is -2.36. The zero-order chi connectivity index (χ0) is 29.8. The van der Waals surface area contributed by atoms with E-state index >= 15 is 0 Å². The number of nitrogens with zero attached hydrogens (tertiary/aromatic N) is 1. The number of fused-ring (bicyclic) bond motifs is 1. The third-order valence-corrected chi connectivity index (χ3v) is 7.97. The molecule has 1 aliphatic rings. The molecule has 0 saturated carbocycles. The fourth-order valence-electron chi connectivity index (χ4n) is 4.35. The van der Waals surface area contributed by atoms with Crippen molar-refractivity contribution in [3.63, 3.8) is 0 Å². The molecule has 7 nitrogen and oxygen atoms in total. The Morgan fingerprint density at radius 2 is 1.81 bits per heavy atom. The molecule has 4 aromatic rings. The number of carbonyl (C=O) groups is 3. The van der Waals surface area contributed by atoms with Crippen molar-refractivity contribution in [2.24, 2.45) is 0 Å². The average Bonchev–Trinajstić information content (AvgIpc) is 3.21. The van der Waals surface area contributed by atoms with Crippen LogP contribution in [-0.4, -0.2) is 35.1 Å². The number of hydrogen-bond acceptors (Lipinski definition) is 6. The fourth-order valence-corrected chi connectivity index (χ4v) is 5.97. The molecule has 0 radical (unpaired) electrons. The number of ether oxygens (including phenoxy) is 2. The van der Waals surface area contributed by atoms with Gasteiger partial charge in [-0.25, -0.2) is 8.78 Å². The monoisotopic (exact) mass is 700 g/mol. The van der Waals surface area contributed by atoms with Gasteiger partial charge in [0, 0.05) is 6.07 Å². The zero-order valence-electron chi connectivity index (χ0n) is 22.2. The van der Waals surface area contributed by atoms with Gasteiger partial charge in [-0.15, -0.1) is 0 Å². The second kappa shape index (κ2) is 12.9. The van der Waals surface area contributed by atoms with Crippen molar-refractivity contribution in [3.05, 3.63) is 104 Å². The summed E-state index contributed by atoms with van der Waals surface area (Å²) < 4.78 is 39.9. The molecule has 42 heavy (non-hydrogen) atoms. The molecule has 1 heterocycles. The molecular weight excluding hydrogens is 677 g/mol. The highest BCUT2D eigenvalue weighted by Crippen LogP contribution is 2.38. The number of thioether (sulfide) groups is 1. The standard InChI is InChI=1S/C31H23F2IN2O5S/c1-2-40-26-13-18(12-24(34)29(26)41-17-20-8-5-7-19-6-3-4-9-22(19)20)14-27-30(38)36(31(39)42-27)16-28(37)35-25-11-10-21(32)15-23(25)33/h3-15H,2,16-17H2,1H3,(H,35,37)/b27-14+. The van der Waals surface area contributed by atoms with Crippen LogP contribution in [0.2, 0.25) is 0 Å². The van der Waals surface area contributed by atoms with Gasteiger partial charge < -0.3 is 14.8 Å². The second-order valence-electron chi connectivity index (χ2n) is 9.13. The first-order chi connectivity index (χ1) is 20.2. The molecule has 1 aliphatic heterocycles. The minimum absolute atomic E-state index is 0.114. The van der Waals surface area contributed by atoms with E-state index in [4.69, 9.17) is 9.47 Å². The summed E-state index contributed by atoms with van der Waals surface area (Å²) in [5.74, 6) is -2.19. The largest absolute Gasteiger partial charge is 0.490 e. The van der Waals surface area contributed by atoms with E-state index in [1.54, 1.807) is 18.2 Å². The molecule has 0 aliphatic carbocycles. The predicted octanol–water partition coefficient (Wildman–Crippen LogP) is 7.38. The van der Waals surface area contributed by atoms with Crippen LogP contribution in [0.1, 0.15) is 18.1 Å². The molecule has 5 rings (SSSR count). The van der Waals surface area contributed by atoms with Gasteiger partial charge in [-0.1, -0.05) is 42.5 Å². The lowest BCUT2D eigenvalue weighted by molar-refractivity contribution is -0.127. The minimum Gasteiger partial charge on any atom is -0.490 e. The van der Waals surface area contributed by atoms with Crippen molar-refractivity contribution in [2.45, 2.75) is 13.5 Å². The van der Waals surface area contributed by atoms with E-state index in [0.717, 1.165) is 36.9 Å². The van der Waals surface area contributed by atoms with Crippen molar-refractivity contribution in [1.29, 1.82) is 0 Å². The maximum absolute atomic E-state index is 13.9. The first-order valence-corrected chi connectivity index (χ1v) is 14.7. The van der Waals surface area contributed by atoms with Gasteiger partial charge in [0.2, 0.25) is 5.91 Å². The molecule has 214 valence electrons. The van der Waals surface area contributed by atoms with E-state index in [2.05, 4.69) is 27.9 Å². The summed E-state index contributed by atoms with van der Waals surface area (Å²) in [4.78, 5) is 38.9. The van der Waals surface area contributed by atoms with E-state index in [9.17, 15) is 23.2 Å². The van der Waals surface area contributed by atoms with Crippen LogP contribution in [0.15, 0.2) is 77.7 Å². The summed E-state index contributed by atoms with van der Waals surface area (Å²) in [5, 5.41) is 3.82. The van der Waals surface area contributed by atoms with Crippen LogP contribution < -0.4 is 14.8 Å². The van der Waals surface area contributed by atoms with Gasteiger partial charge in [0.25, 0.3) is 11.1 Å². The Morgan fingerprint density at radius 1 is 1.02 bits per heavy atom. The number of rotatable bonds is 9. The van der Waals surface area contributed by atoms with Gasteiger partial charge in [0.05, 0.1) is 20.8 Å². The Hall–Kier alpha value is -3.97. The number of benzene rings is 4. The smallest absolute Gasteiger partial charge is 0.294 e. The summed E-state index contributed by atoms with van der Waals surface area (Å²) >= 11 is 2.82. The Labute approximate surface area is 258 Å². The summed E-state index contributed by atoms with van der Waals surface area (Å²) in [5.41, 5.74) is 1.36. The maximum Gasteiger partial charge on any atom is 0.294 e. The Kier molecular flexibility index (Phi) is 9.07. The highest BCUT2D eigenvalue weighted by molar-refractivity contribution is 14.1. The SMILES string of the molecule is CCOc1cc(/C=C2/SC(=O)N(CC(=O)Nc3ccc(F)cc3F)C2=O)cc(I)c1OCc1cccc2ccccc12. The number of amides is 3. The van der Waals surface area contributed by atoms with Gasteiger partial charge in [0.1, 0.15) is 24.8 Å². The van der Waals surface area contributed by atoms with Crippen LogP contribution in [0.4, 0.5) is 19.3 Å². The number of imide groups is 1. The molecule has 0 spiro atoms. The number of carbonyl (C=O) groups excluding carboxylic acids is 3. The molecule has 1 fully saturated rings. The zero-order valence-corrected chi connectivity index (χ0v) is 25.1. The van der Waals surface area contributed by atoms with E-state index in [1.807, 2.05) is 49.4 Å². The summed E-state index contributed by atoms with van der Waals surface area (Å²) in [6.45, 7) is 1.92. The highest BCUT2D eigenvalue weighted by Gasteiger charge is 2.36. The molecule has 0 bridgehead atoms. The molecule has 4 aromatic carbocycles. The molecular formula is C31H23F2IN2O5S. The van der Waals surface area contributed by atoms with Crippen LogP contribution in [0.3, 0.4) is 0 Å². The van der Waals surface area contributed by atoms with Gasteiger partial charge in [-0.3, -0.25) is 19.3 Å². The van der Waals surface area contributed by atoms with Gasteiger partial charge >= 0.3 is 0 Å². The third-order valence-electron chi connectivity index (χ3n) is 6.26. The van der Waals surface area contributed by atoms with E-state index in [0.29, 0.717) is 48.1 Å². The number of hydrogen-bond donors (Lipinski definition) is 1. The average molecular weight is 701 g/mol. The van der Waals surface area contributed by atoms with Crippen molar-refractivity contribution in [3.8, 4) is 11.5 Å². The van der Waals surface area contributed by atoms with Crippen molar-refractivity contribution < 1.29 is 32.6 Å². The van der Waals surface area contributed by atoms with E-state index < -0.39 is 35.2 Å². The number of halogens is 3. The second-order valence-corrected chi connectivity index (χ2v) is 11.3. The van der Waals surface area contributed by atoms with Crippen molar-refractivity contribution in [2.75, 3.05) is 18.5 Å². The molecule has 1 saturated heterocycles. The summed E-state index contributed by atoms with van der Waals surface area (Å²) in [7, 11) is 0. The summed E-state index contributed by atoms with van der Waals surface area (Å²) in [6, 6.07) is 20.3. The molecule has 3 amide bonds. The van der Waals surface area contributed by atoms with Gasteiger partial charge in [-0.2, -0.15) is 0 Å². The van der Waals surface area contributed by atoms with Crippen LogP contribution in [0.5, 0.6) is 11.5 Å². The molecule has 11 heteroatoms. The molecule has 0 aromatic heterocycles. The molecule has 1 N–H and O–H groups in total. The van der Waals surface area contributed by atoms with Crippen LogP contribution >= 0.6 is 34.4 Å². The Bertz CT molecular complexity index is 1740. The topological polar surface area (TPSA) is 84.9 Å². The van der Waals surface area contributed by atoms with Crippen molar-refractivity contribution >= 4 is 73.9 Å². The quantitative estimate of drug-likeness (QED) is 0.145. The highest BCUT2D eigenvalue weighted by atomic mass is 127. The first-order valence-electron chi connectivity index (χ1n) is 12.8. The van der Waals surface area contributed by atoms with Crippen LogP contribution in [0, 0.1) is 15.2 Å². The number of anilines is 1. The minimum atomic E-state index is -0.971. The Morgan fingerprint density at radius 3 is 2.60 bits per heavy atom. The normalized spacial score (nSPS) is 14.1. The van der Waals surface area contributed by atoms with E-state index in [1.165, 1.54) is 0 Å². The Balaban J connectivity index is 1.32. The van der Waals surface area contributed by atoms with Crippen LogP contribution in [0.25, 0.3) is 16.8 Å². The lowest BCUT2D eigenvalue weighted by Gasteiger charge is -2.16. The number of nitrogens with one attached hydrogen (secondary N) is 1. The molecule has 0 atom stereocenters. The third kappa shape index (κ3) is 6.57. The molecule has 0 unspecified atom stereocenters. The van der Waals surface area contributed by atoms with Crippen LogP contribution in [-0.2, 0) is 16.2 Å². The van der Waals surface area contributed by atoms with Gasteiger partial charge in [-0.05, 0) is 93.5 Å². The predicted molar refractivity (Wildman–Crippen MR) is 166 cm³/mol. The first kappa shape index (κ1) is 29.5.